The number of ether oxygens (including phenoxy) is 1. The first-order valence-electron chi connectivity index (χ1n) is 6.56. The molecule has 1 aromatic heterocycles. The number of carbonyl (C=O) groups is 2. The summed E-state index contributed by atoms with van der Waals surface area (Å²) in [4.78, 5) is 28.3. The van der Waals surface area contributed by atoms with Gasteiger partial charge in [-0.2, -0.15) is 4.37 Å². The second kappa shape index (κ2) is 8.90. The number of rotatable bonds is 7. The van der Waals surface area contributed by atoms with Crippen LogP contribution in [0, 0.1) is 0 Å². The molecule has 1 N–H and O–H groups in total. The Balaban J connectivity index is 1.96. The molecule has 6 nitrogen and oxygen atoms in total. The van der Waals surface area contributed by atoms with Crippen LogP contribution in [0.5, 0.6) is 0 Å². The molecule has 0 unspecified atom stereocenters. The molecule has 1 heterocycles. The van der Waals surface area contributed by atoms with E-state index in [9.17, 15) is 9.59 Å². The first kappa shape index (κ1) is 17.8. The van der Waals surface area contributed by atoms with E-state index in [1.807, 2.05) is 12.3 Å². The molecule has 0 aliphatic heterocycles. The highest BCUT2D eigenvalue weighted by Gasteiger charge is 2.23. The molecule has 122 valence electrons. The van der Waals surface area contributed by atoms with Crippen molar-refractivity contribution >= 4 is 46.9 Å². The highest BCUT2D eigenvalue weighted by atomic mass is 32.2. The minimum Gasteiger partial charge on any atom is -0.467 e. The van der Waals surface area contributed by atoms with Crippen molar-refractivity contribution in [1.82, 2.24) is 14.7 Å². The molecule has 1 amide bonds. The zero-order valence-corrected chi connectivity index (χ0v) is 15.0. The Kier molecular flexibility index (Phi) is 6.87. The molecule has 0 saturated heterocycles. The molecule has 0 spiro atoms. The summed E-state index contributed by atoms with van der Waals surface area (Å²) in [6, 6.07) is 8.17. The highest BCUT2D eigenvalue weighted by molar-refractivity contribution is 8.01. The van der Waals surface area contributed by atoms with E-state index in [-0.39, 0.29) is 11.7 Å². The Labute approximate surface area is 146 Å². The van der Waals surface area contributed by atoms with Crippen LogP contribution in [0.3, 0.4) is 0 Å². The zero-order chi connectivity index (χ0) is 16.7. The number of hydrogen-bond donors (Lipinski definition) is 1. The Bertz CT molecular complexity index is 664. The van der Waals surface area contributed by atoms with Gasteiger partial charge in [0.05, 0.1) is 12.9 Å². The average molecular weight is 369 g/mol. The van der Waals surface area contributed by atoms with Gasteiger partial charge in [0, 0.05) is 0 Å². The number of carbonyl (C=O) groups excluding carboxylic acids is 2. The maximum absolute atomic E-state index is 12.1. The Morgan fingerprint density at radius 3 is 2.70 bits per heavy atom. The van der Waals surface area contributed by atoms with Gasteiger partial charge in [0.15, 0.2) is 10.4 Å². The average Bonchev–Trinajstić information content (AvgIpc) is 3.06. The summed E-state index contributed by atoms with van der Waals surface area (Å²) in [5.74, 6) is -0.617. The van der Waals surface area contributed by atoms with Gasteiger partial charge < -0.3 is 10.1 Å². The van der Waals surface area contributed by atoms with Gasteiger partial charge in [0.25, 0.3) is 0 Å². The van der Waals surface area contributed by atoms with E-state index in [1.165, 1.54) is 42.2 Å². The molecule has 0 radical (unpaired) electrons. The minimum absolute atomic E-state index is 0.156. The normalized spacial score (nSPS) is 11.7. The van der Waals surface area contributed by atoms with Gasteiger partial charge >= 0.3 is 5.97 Å². The third-order valence-electron chi connectivity index (χ3n) is 2.77. The fourth-order valence-corrected chi connectivity index (χ4v) is 3.73. The lowest BCUT2D eigenvalue weighted by atomic mass is 10.1. The smallest absolute Gasteiger partial charge is 0.333 e. The number of aromatic nitrogens is 2. The standard InChI is InChI=1S/C14H15N3O3S3/c1-20-12(19)11(9-6-4-3-5-7-9)15-10(18)8-22-14-16-13(21-2)17-23-14/h3-7,11H,8H2,1-2H3,(H,15,18)/t11-/m1/s1. The summed E-state index contributed by atoms with van der Waals surface area (Å²) in [5, 5.41) is 3.38. The van der Waals surface area contributed by atoms with E-state index in [0.29, 0.717) is 10.7 Å². The molecule has 0 saturated carbocycles. The molecule has 0 fully saturated rings. The summed E-state index contributed by atoms with van der Waals surface area (Å²) in [5.41, 5.74) is 0.679. The minimum atomic E-state index is -0.814. The number of methoxy groups -OCH3 is 1. The Morgan fingerprint density at radius 1 is 1.35 bits per heavy atom. The third kappa shape index (κ3) is 5.22. The van der Waals surface area contributed by atoms with Gasteiger partial charge in [0.2, 0.25) is 11.1 Å². The maximum atomic E-state index is 12.1. The van der Waals surface area contributed by atoms with Crippen LogP contribution in [0.25, 0.3) is 0 Å². The second-order valence-corrected chi connectivity index (χ2v) is 7.02. The lowest BCUT2D eigenvalue weighted by Gasteiger charge is -2.16. The van der Waals surface area contributed by atoms with Gasteiger partial charge in [0.1, 0.15) is 0 Å². The molecule has 2 rings (SSSR count). The van der Waals surface area contributed by atoms with Crippen molar-refractivity contribution in [2.24, 2.45) is 0 Å². The number of nitrogens with zero attached hydrogens (tertiary/aromatic N) is 2. The van der Waals surface area contributed by atoms with E-state index in [1.54, 1.807) is 24.3 Å². The van der Waals surface area contributed by atoms with Crippen molar-refractivity contribution in [3.8, 4) is 0 Å². The monoisotopic (exact) mass is 369 g/mol. The first-order valence-corrected chi connectivity index (χ1v) is 9.55. The lowest BCUT2D eigenvalue weighted by molar-refractivity contribution is -0.145. The fourth-order valence-electron chi connectivity index (χ4n) is 1.71. The molecule has 1 atom stereocenters. The zero-order valence-electron chi connectivity index (χ0n) is 12.5. The summed E-state index contributed by atoms with van der Waals surface area (Å²) < 4.78 is 9.62. The Hall–Kier alpha value is -1.58. The van der Waals surface area contributed by atoms with Crippen molar-refractivity contribution in [2.75, 3.05) is 19.1 Å². The number of amides is 1. The third-order valence-corrected chi connectivity index (χ3v) is 5.27. The van der Waals surface area contributed by atoms with Crippen LogP contribution < -0.4 is 5.32 Å². The lowest BCUT2D eigenvalue weighted by Crippen LogP contribution is -2.35. The van der Waals surface area contributed by atoms with Crippen molar-refractivity contribution in [3.63, 3.8) is 0 Å². The quantitative estimate of drug-likeness (QED) is 0.593. The maximum Gasteiger partial charge on any atom is 0.333 e. The summed E-state index contributed by atoms with van der Waals surface area (Å²) in [6.07, 6.45) is 1.89. The first-order chi connectivity index (χ1) is 11.1. The van der Waals surface area contributed by atoms with E-state index in [4.69, 9.17) is 4.74 Å². The van der Waals surface area contributed by atoms with Gasteiger partial charge in [-0.3, -0.25) is 4.79 Å². The number of hydrogen-bond acceptors (Lipinski definition) is 8. The van der Waals surface area contributed by atoms with Gasteiger partial charge in [-0.1, -0.05) is 53.9 Å². The number of nitrogens with one attached hydrogen (secondary N) is 1. The van der Waals surface area contributed by atoms with Gasteiger partial charge in [-0.15, -0.1) is 0 Å². The topological polar surface area (TPSA) is 81.2 Å². The predicted molar refractivity (Wildman–Crippen MR) is 91.8 cm³/mol. The predicted octanol–water partition coefficient (Wildman–Crippen LogP) is 2.38. The van der Waals surface area contributed by atoms with E-state index in [0.717, 1.165) is 4.34 Å². The molecule has 0 bridgehead atoms. The van der Waals surface area contributed by atoms with Crippen molar-refractivity contribution in [3.05, 3.63) is 35.9 Å². The van der Waals surface area contributed by atoms with Crippen LogP contribution in [-0.2, 0) is 14.3 Å². The molecule has 0 aliphatic rings. The van der Waals surface area contributed by atoms with Crippen LogP contribution in [-0.4, -0.2) is 40.4 Å². The summed E-state index contributed by atoms with van der Waals surface area (Å²) >= 11 is 3.99. The molecule has 0 aliphatic carbocycles. The fraction of sp³-hybridized carbons (Fsp3) is 0.286. The molecular formula is C14H15N3O3S3. The molecule has 2 aromatic rings. The van der Waals surface area contributed by atoms with Crippen LogP contribution in [0.1, 0.15) is 11.6 Å². The van der Waals surface area contributed by atoms with Crippen LogP contribution in [0.2, 0.25) is 0 Å². The van der Waals surface area contributed by atoms with Crippen LogP contribution in [0.4, 0.5) is 0 Å². The molecule has 23 heavy (non-hydrogen) atoms. The van der Waals surface area contributed by atoms with Crippen molar-refractivity contribution in [1.29, 1.82) is 0 Å². The van der Waals surface area contributed by atoms with E-state index < -0.39 is 12.0 Å². The second-order valence-electron chi connectivity index (χ2n) is 4.27. The number of benzene rings is 1. The van der Waals surface area contributed by atoms with Crippen molar-refractivity contribution < 1.29 is 14.3 Å². The molecular weight excluding hydrogens is 354 g/mol. The largest absolute Gasteiger partial charge is 0.467 e. The number of esters is 1. The van der Waals surface area contributed by atoms with Crippen LogP contribution in [0.15, 0.2) is 39.8 Å². The van der Waals surface area contributed by atoms with E-state index >= 15 is 0 Å². The SMILES string of the molecule is COC(=O)[C@H](NC(=O)CSc1nc(SC)ns1)c1ccccc1. The Morgan fingerprint density at radius 2 is 2.09 bits per heavy atom. The summed E-state index contributed by atoms with van der Waals surface area (Å²) in [6.45, 7) is 0. The van der Waals surface area contributed by atoms with Gasteiger partial charge in [-0.05, 0) is 23.4 Å². The molecule has 9 heteroatoms. The highest BCUT2D eigenvalue weighted by Crippen LogP contribution is 2.23. The van der Waals surface area contributed by atoms with Gasteiger partial charge in [-0.25, -0.2) is 9.78 Å². The van der Waals surface area contributed by atoms with Crippen molar-refractivity contribution in [2.45, 2.75) is 15.5 Å². The number of thioether (sulfide) groups is 2. The van der Waals surface area contributed by atoms with Crippen LogP contribution >= 0.6 is 35.1 Å². The summed E-state index contributed by atoms with van der Waals surface area (Å²) in [7, 11) is 1.30. The molecule has 1 aromatic carbocycles. The van der Waals surface area contributed by atoms with E-state index in [2.05, 4.69) is 14.7 Å².